The van der Waals surface area contributed by atoms with Gasteiger partial charge >= 0.3 is 5.63 Å². The Labute approximate surface area is 92.3 Å². The standard InChI is InChI=1S/C12H10N2O2/c1-14(2)10-4-3-8-5-9(7-13)12(15)16-11(8)6-10/h3-6H,1-2H3. The van der Waals surface area contributed by atoms with Crippen LogP contribution in [0.25, 0.3) is 11.0 Å². The van der Waals surface area contributed by atoms with Gasteiger partial charge in [0, 0.05) is 31.2 Å². The molecule has 80 valence electrons. The van der Waals surface area contributed by atoms with E-state index in [1.165, 1.54) is 0 Å². The highest BCUT2D eigenvalue weighted by Gasteiger charge is 2.05. The Hall–Kier alpha value is -2.28. The molecule has 0 aliphatic heterocycles. The molecule has 0 aliphatic rings. The molecule has 2 rings (SSSR count). The summed E-state index contributed by atoms with van der Waals surface area (Å²) in [6, 6.07) is 8.86. The maximum Gasteiger partial charge on any atom is 0.354 e. The van der Waals surface area contributed by atoms with E-state index in [9.17, 15) is 4.79 Å². The van der Waals surface area contributed by atoms with Gasteiger partial charge < -0.3 is 9.32 Å². The smallest absolute Gasteiger partial charge is 0.354 e. The highest BCUT2D eigenvalue weighted by Crippen LogP contribution is 2.20. The summed E-state index contributed by atoms with van der Waals surface area (Å²) in [5.41, 5.74) is 0.881. The first kappa shape index (κ1) is 10.2. The number of hydrogen-bond donors (Lipinski definition) is 0. The van der Waals surface area contributed by atoms with E-state index in [0.717, 1.165) is 11.1 Å². The average Bonchev–Trinajstić information content (AvgIpc) is 2.27. The Morgan fingerprint density at radius 2 is 2.06 bits per heavy atom. The molecule has 1 heterocycles. The minimum atomic E-state index is -0.592. The molecule has 1 aromatic carbocycles. The molecule has 0 aliphatic carbocycles. The third-order valence-corrected chi connectivity index (χ3v) is 2.36. The first-order chi connectivity index (χ1) is 7.61. The van der Waals surface area contributed by atoms with Gasteiger partial charge in [0.05, 0.1) is 0 Å². The molecule has 0 saturated carbocycles. The Kier molecular flexibility index (Phi) is 2.37. The largest absolute Gasteiger partial charge is 0.422 e. The van der Waals surface area contributed by atoms with Crippen LogP contribution >= 0.6 is 0 Å². The van der Waals surface area contributed by atoms with Crippen molar-refractivity contribution in [2.45, 2.75) is 0 Å². The molecule has 0 amide bonds. The van der Waals surface area contributed by atoms with Gasteiger partial charge in [-0.1, -0.05) is 0 Å². The number of rotatable bonds is 1. The molecule has 0 radical (unpaired) electrons. The second-order valence-electron chi connectivity index (χ2n) is 3.68. The quantitative estimate of drug-likeness (QED) is 0.678. The minimum absolute atomic E-state index is 0.0325. The Morgan fingerprint density at radius 3 is 2.69 bits per heavy atom. The van der Waals surface area contributed by atoms with E-state index in [0.29, 0.717) is 5.58 Å². The van der Waals surface area contributed by atoms with Gasteiger partial charge in [-0.2, -0.15) is 5.26 Å². The van der Waals surface area contributed by atoms with Gasteiger partial charge in [-0.3, -0.25) is 0 Å². The second-order valence-corrected chi connectivity index (χ2v) is 3.68. The van der Waals surface area contributed by atoms with Gasteiger partial charge in [0.25, 0.3) is 0 Å². The van der Waals surface area contributed by atoms with Gasteiger partial charge in [0.1, 0.15) is 17.2 Å². The summed E-state index contributed by atoms with van der Waals surface area (Å²) >= 11 is 0. The zero-order valence-corrected chi connectivity index (χ0v) is 9.02. The second kappa shape index (κ2) is 3.70. The van der Waals surface area contributed by atoms with E-state index in [-0.39, 0.29) is 5.56 Å². The van der Waals surface area contributed by atoms with Crippen LogP contribution in [0.5, 0.6) is 0 Å². The van der Waals surface area contributed by atoms with E-state index in [1.807, 2.05) is 37.2 Å². The van der Waals surface area contributed by atoms with E-state index < -0.39 is 5.63 Å². The fraction of sp³-hybridized carbons (Fsp3) is 0.167. The van der Waals surface area contributed by atoms with Crippen molar-refractivity contribution in [1.82, 2.24) is 0 Å². The minimum Gasteiger partial charge on any atom is -0.422 e. The first-order valence-corrected chi connectivity index (χ1v) is 4.77. The third kappa shape index (κ3) is 1.63. The topological polar surface area (TPSA) is 57.2 Å². The van der Waals surface area contributed by atoms with Crippen molar-refractivity contribution in [3.63, 3.8) is 0 Å². The summed E-state index contributed by atoms with van der Waals surface area (Å²) in [5.74, 6) is 0. The fourth-order valence-corrected chi connectivity index (χ4v) is 1.46. The first-order valence-electron chi connectivity index (χ1n) is 4.77. The van der Waals surface area contributed by atoms with Crippen molar-refractivity contribution in [2.24, 2.45) is 0 Å². The third-order valence-electron chi connectivity index (χ3n) is 2.36. The van der Waals surface area contributed by atoms with Crippen LogP contribution in [0.15, 0.2) is 33.5 Å². The van der Waals surface area contributed by atoms with Crippen LogP contribution in [-0.4, -0.2) is 14.1 Å². The van der Waals surface area contributed by atoms with E-state index in [4.69, 9.17) is 9.68 Å². The van der Waals surface area contributed by atoms with Gasteiger partial charge in [-0.25, -0.2) is 4.79 Å². The van der Waals surface area contributed by atoms with Gasteiger partial charge in [0.15, 0.2) is 0 Å². The summed E-state index contributed by atoms with van der Waals surface area (Å²) in [5, 5.41) is 9.45. The predicted octanol–water partition coefficient (Wildman–Crippen LogP) is 1.73. The van der Waals surface area contributed by atoms with Crippen molar-refractivity contribution < 1.29 is 4.42 Å². The van der Waals surface area contributed by atoms with Gasteiger partial charge in [-0.05, 0) is 18.2 Å². The molecule has 0 unspecified atom stereocenters. The van der Waals surface area contributed by atoms with Crippen LogP contribution in [0.1, 0.15) is 5.56 Å². The molecule has 0 spiro atoms. The Balaban J connectivity index is 2.73. The number of fused-ring (bicyclic) bond motifs is 1. The molecular formula is C12H10N2O2. The fourth-order valence-electron chi connectivity index (χ4n) is 1.46. The van der Waals surface area contributed by atoms with Crippen molar-refractivity contribution in [1.29, 1.82) is 5.26 Å². The zero-order valence-electron chi connectivity index (χ0n) is 9.02. The highest BCUT2D eigenvalue weighted by molar-refractivity contribution is 5.81. The highest BCUT2D eigenvalue weighted by atomic mass is 16.4. The SMILES string of the molecule is CN(C)c1ccc2cc(C#N)c(=O)oc2c1. The Bertz CT molecular complexity index is 635. The van der Waals surface area contributed by atoms with Crippen molar-refractivity contribution in [3.05, 3.63) is 40.2 Å². The summed E-state index contributed by atoms with van der Waals surface area (Å²) in [7, 11) is 3.81. The summed E-state index contributed by atoms with van der Waals surface area (Å²) in [6.45, 7) is 0. The summed E-state index contributed by atoms with van der Waals surface area (Å²) < 4.78 is 5.07. The number of nitriles is 1. The molecule has 0 bridgehead atoms. The monoisotopic (exact) mass is 214 g/mol. The molecule has 2 aromatic rings. The average molecular weight is 214 g/mol. The van der Waals surface area contributed by atoms with Crippen molar-refractivity contribution >= 4 is 16.7 Å². The molecule has 0 saturated heterocycles. The van der Waals surface area contributed by atoms with E-state index >= 15 is 0 Å². The molecule has 0 atom stereocenters. The number of nitrogens with zero attached hydrogens (tertiary/aromatic N) is 2. The van der Waals surface area contributed by atoms with Crippen LogP contribution in [0.4, 0.5) is 5.69 Å². The van der Waals surface area contributed by atoms with Crippen LogP contribution in [-0.2, 0) is 0 Å². The van der Waals surface area contributed by atoms with Gasteiger partial charge in [-0.15, -0.1) is 0 Å². The van der Waals surface area contributed by atoms with Crippen LogP contribution in [0.3, 0.4) is 0 Å². The van der Waals surface area contributed by atoms with E-state index in [2.05, 4.69) is 0 Å². The molecule has 0 fully saturated rings. The van der Waals surface area contributed by atoms with Crippen molar-refractivity contribution in [2.75, 3.05) is 19.0 Å². The zero-order chi connectivity index (χ0) is 11.7. The molecule has 0 N–H and O–H groups in total. The summed E-state index contributed by atoms with van der Waals surface area (Å²) in [4.78, 5) is 13.3. The normalized spacial score (nSPS) is 10.1. The Morgan fingerprint density at radius 1 is 1.31 bits per heavy atom. The molecular weight excluding hydrogens is 204 g/mol. The van der Waals surface area contributed by atoms with Gasteiger partial charge in [0.2, 0.25) is 0 Å². The summed E-state index contributed by atoms with van der Waals surface area (Å²) in [6.07, 6.45) is 0. The molecule has 4 heteroatoms. The maximum atomic E-state index is 11.3. The maximum absolute atomic E-state index is 11.3. The van der Waals surface area contributed by atoms with E-state index in [1.54, 1.807) is 12.1 Å². The predicted molar refractivity (Wildman–Crippen MR) is 61.5 cm³/mol. The van der Waals surface area contributed by atoms with Crippen molar-refractivity contribution in [3.8, 4) is 6.07 Å². The molecule has 4 nitrogen and oxygen atoms in total. The molecule has 1 aromatic heterocycles. The van der Waals surface area contributed by atoms with Crippen LogP contribution in [0.2, 0.25) is 0 Å². The molecule has 16 heavy (non-hydrogen) atoms. The lowest BCUT2D eigenvalue weighted by molar-refractivity contribution is 0.558. The number of benzene rings is 1. The number of anilines is 1. The van der Waals surface area contributed by atoms with Crippen LogP contribution < -0.4 is 10.5 Å². The lowest BCUT2D eigenvalue weighted by Crippen LogP contribution is -2.09. The number of hydrogen-bond acceptors (Lipinski definition) is 4. The lowest BCUT2D eigenvalue weighted by atomic mass is 10.2. The van der Waals surface area contributed by atoms with Crippen LogP contribution in [0, 0.1) is 11.3 Å². The lowest BCUT2D eigenvalue weighted by Gasteiger charge is -2.12.